The molecule has 1 aromatic rings. The van der Waals surface area contributed by atoms with E-state index in [0.29, 0.717) is 25.8 Å². The van der Waals surface area contributed by atoms with Crippen molar-refractivity contribution in [1.82, 2.24) is 15.1 Å². The van der Waals surface area contributed by atoms with Gasteiger partial charge in [-0.1, -0.05) is 30.3 Å². The minimum Gasteiger partial charge on any atom is -0.375 e. The van der Waals surface area contributed by atoms with Gasteiger partial charge in [0.05, 0.1) is 19.8 Å². The lowest BCUT2D eigenvalue weighted by atomic mass is 10.2. The highest BCUT2D eigenvalue weighted by Crippen LogP contribution is 2.20. The van der Waals surface area contributed by atoms with Crippen LogP contribution in [-0.4, -0.2) is 67.7 Å². The van der Waals surface area contributed by atoms with E-state index in [1.54, 1.807) is 0 Å². The molecule has 0 amide bonds. The third kappa shape index (κ3) is 5.44. The smallest absolute Gasteiger partial charge is 0.194 e. The van der Waals surface area contributed by atoms with Gasteiger partial charge in [0.1, 0.15) is 0 Å². The Kier molecular flexibility index (Phi) is 7.12. The number of likely N-dealkylation sites (tertiary alicyclic amines) is 2. The first-order valence-electron chi connectivity index (χ1n) is 9.76. The lowest BCUT2D eigenvalue weighted by molar-refractivity contribution is 0.128. The largest absolute Gasteiger partial charge is 0.375 e. The third-order valence-electron chi connectivity index (χ3n) is 5.06. The second kappa shape index (κ2) is 9.78. The van der Waals surface area contributed by atoms with Crippen LogP contribution in [0.25, 0.3) is 0 Å². The predicted octanol–water partition coefficient (Wildman–Crippen LogP) is 2.34. The van der Waals surface area contributed by atoms with Gasteiger partial charge in [-0.25, -0.2) is 0 Å². The molecule has 138 valence electrons. The Bertz CT molecular complexity index is 528. The summed E-state index contributed by atoms with van der Waals surface area (Å²) in [6.45, 7) is 9.85. The number of hydrogen-bond donors (Lipinski definition) is 1. The second-order valence-electron chi connectivity index (χ2n) is 6.91. The Hall–Kier alpha value is -1.59. The highest BCUT2D eigenvalue weighted by atomic mass is 16.5. The molecule has 2 heterocycles. The number of nitrogens with one attached hydrogen (secondary N) is 1. The van der Waals surface area contributed by atoms with Crippen LogP contribution < -0.4 is 5.32 Å². The van der Waals surface area contributed by atoms with Crippen LogP contribution in [-0.2, 0) is 11.3 Å². The summed E-state index contributed by atoms with van der Waals surface area (Å²) in [5.74, 6) is 1.05. The molecule has 0 aromatic heterocycles. The van der Waals surface area contributed by atoms with Gasteiger partial charge in [0, 0.05) is 25.7 Å². The van der Waals surface area contributed by atoms with Crippen molar-refractivity contribution >= 4 is 5.96 Å². The molecule has 0 bridgehead atoms. The zero-order valence-electron chi connectivity index (χ0n) is 15.5. The third-order valence-corrected chi connectivity index (χ3v) is 5.06. The maximum Gasteiger partial charge on any atom is 0.194 e. The van der Waals surface area contributed by atoms with Crippen LogP contribution in [0.1, 0.15) is 31.7 Å². The summed E-state index contributed by atoms with van der Waals surface area (Å²) in [4.78, 5) is 9.86. The van der Waals surface area contributed by atoms with Gasteiger partial charge < -0.3 is 15.0 Å². The summed E-state index contributed by atoms with van der Waals surface area (Å²) >= 11 is 0. The Morgan fingerprint density at radius 1 is 1.20 bits per heavy atom. The van der Waals surface area contributed by atoms with E-state index in [4.69, 9.17) is 9.73 Å². The number of rotatable bonds is 7. The van der Waals surface area contributed by atoms with Crippen LogP contribution in [0.5, 0.6) is 0 Å². The molecule has 1 unspecified atom stereocenters. The molecule has 0 aliphatic carbocycles. The zero-order valence-corrected chi connectivity index (χ0v) is 15.5. The molecule has 1 aromatic carbocycles. The van der Waals surface area contributed by atoms with Crippen molar-refractivity contribution < 1.29 is 4.74 Å². The van der Waals surface area contributed by atoms with E-state index in [1.807, 2.05) is 18.2 Å². The standard InChI is InChI=1S/C20H32N4O/c1-2-21-20(22-11-15-25-17-18-8-4-3-5-9-18)24-14-10-19(16-24)23-12-6-7-13-23/h3-5,8-9,19H,2,6-7,10-17H2,1H3,(H,21,22). The van der Waals surface area contributed by atoms with E-state index < -0.39 is 0 Å². The quantitative estimate of drug-likeness (QED) is 0.468. The SMILES string of the molecule is CCNC(=NCCOCc1ccccc1)N1CCC(N2CCCC2)C1. The van der Waals surface area contributed by atoms with Gasteiger partial charge in [0.2, 0.25) is 0 Å². The molecule has 2 saturated heterocycles. The van der Waals surface area contributed by atoms with Crippen molar-refractivity contribution in [2.75, 3.05) is 45.9 Å². The number of guanidine groups is 1. The van der Waals surface area contributed by atoms with Gasteiger partial charge in [0.25, 0.3) is 0 Å². The molecule has 0 saturated carbocycles. The van der Waals surface area contributed by atoms with Gasteiger partial charge in [-0.05, 0) is 44.8 Å². The first kappa shape index (κ1) is 18.2. The molecular weight excluding hydrogens is 312 g/mol. The van der Waals surface area contributed by atoms with Crippen molar-refractivity contribution in [1.29, 1.82) is 0 Å². The highest BCUT2D eigenvalue weighted by molar-refractivity contribution is 5.80. The van der Waals surface area contributed by atoms with Gasteiger partial charge in [-0.3, -0.25) is 9.89 Å². The minimum atomic E-state index is 0.660. The maximum atomic E-state index is 5.75. The van der Waals surface area contributed by atoms with Crippen LogP contribution in [0.2, 0.25) is 0 Å². The molecular formula is C20H32N4O. The Labute approximate surface area is 152 Å². The molecule has 5 heteroatoms. The van der Waals surface area contributed by atoms with E-state index in [1.165, 1.54) is 37.9 Å². The lowest BCUT2D eigenvalue weighted by Crippen LogP contribution is -2.42. The molecule has 5 nitrogen and oxygen atoms in total. The van der Waals surface area contributed by atoms with Crippen molar-refractivity contribution in [2.24, 2.45) is 4.99 Å². The van der Waals surface area contributed by atoms with E-state index in [2.05, 4.69) is 34.2 Å². The van der Waals surface area contributed by atoms with Gasteiger partial charge >= 0.3 is 0 Å². The number of benzene rings is 1. The maximum absolute atomic E-state index is 5.75. The number of ether oxygens (including phenoxy) is 1. The monoisotopic (exact) mass is 344 g/mol. The van der Waals surface area contributed by atoms with E-state index in [9.17, 15) is 0 Å². The summed E-state index contributed by atoms with van der Waals surface area (Å²) in [7, 11) is 0. The molecule has 2 aliphatic rings. The van der Waals surface area contributed by atoms with Crippen LogP contribution in [0, 0.1) is 0 Å². The number of aliphatic imine (C=N–C) groups is 1. The van der Waals surface area contributed by atoms with E-state index >= 15 is 0 Å². The molecule has 3 rings (SSSR count). The van der Waals surface area contributed by atoms with Crippen LogP contribution in [0.15, 0.2) is 35.3 Å². The Balaban J connectivity index is 1.43. The molecule has 25 heavy (non-hydrogen) atoms. The fraction of sp³-hybridized carbons (Fsp3) is 0.650. The summed E-state index contributed by atoms with van der Waals surface area (Å²) in [5.41, 5.74) is 1.21. The fourth-order valence-corrected chi connectivity index (χ4v) is 3.75. The fourth-order valence-electron chi connectivity index (χ4n) is 3.75. The van der Waals surface area contributed by atoms with Gasteiger partial charge in [0.15, 0.2) is 5.96 Å². The van der Waals surface area contributed by atoms with E-state index in [-0.39, 0.29) is 0 Å². The van der Waals surface area contributed by atoms with Crippen LogP contribution in [0.4, 0.5) is 0 Å². The normalized spacial score (nSPS) is 21.9. The molecule has 0 radical (unpaired) electrons. The van der Waals surface area contributed by atoms with Gasteiger partial charge in [-0.2, -0.15) is 0 Å². The Morgan fingerprint density at radius 2 is 2.00 bits per heavy atom. The molecule has 0 spiro atoms. The highest BCUT2D eigenvalue weighted by Gasteiger charge is 2.30. The van der Waals surface area contributed by atoms with Crippen LogP contribution in [0.3, 0.4) is 0 Å². The average molecular weight is 345 g/mol. The Morgan fingerprint density at radius 3 is 2.76 bits per heavy atom. The predicted molar refractivity (Wildman–Crippen MR) is 103 cm³/mol. The van der Waals surface area contributed by atoms with Crippen molar-refractivity contribution in [2.45, 2.75) is 38.8 Å². The molecule has 2 aliphatic heterocycles. The zero-order chi connectivity index (χ0) is 17.3. The van der Waals surface area contributed by atoms with Crippen molar-refractivity contribution in [3.8, 4) is 0 Å². The van der Waals surface area contributed by atoms with Crippen molar-refractivity contribution in [3.05, 3.63) is 35.9 Å². The minimum absolute atomic E-state index is 0.660. The average Bonchev–Trinajstić information content (AvgIpc) is 3.33. The van der Waals surface area contributed by atoms with E-state index in [0.717, 1.165) is 25.6 Å². The molecule has 1 N–H and O–H groups in total. The second-order valence-corrected chi connectivity index (χ2v) is 6.91. The summed E-state index contributed by atoms with van der Waals surface area (Å²) in [6, 6.07) is 11.0. The molecule has 1 atom stereocenters. The molecule has 2 fully saturated rings. The summed E-state index contributed by atoms with van der Waals surface area (Å²) < 4.78 is 5.75. The van der Waals surface area contributed by atoms with Crippen molar-refractivity contribution in [3.63, 3.8) is 0 Å². The first-order valence-corrected chi connectivity index (χ1v) is 9.76. The van der Waals surface area contributed by atoms with Gasteiger partial charge in [-0.15, -0.1) is 0 Å². The number of nitrogens with zero attached hydrogens (tertiary/aromatic N) is 3. The lowest BCUT2D eigenvalue weighted by Gasteiger charge is -2.25. The number of hydrogen-bond acceptors (Lipinski definition) is 3. The topological polar surface area (TPSA) is 40.1 Å². The summed E-state index contributed by atoms with van der Waals surface area (Å²) in [5, 5.41) is 3.45. The summed E-state index contributed by atoms with van der Waals surface area (Å²) in [6.07, 6.45) is 3.99. The first-order chi connectivity index (χ1) is 12.4. The van der Waals surface area contributed by atoms with Crippen LogP contribution >= 0.6 is 0 Å².